The number of nitrogens with two attached hydrogens (primary N) is 2. The van der Waals surface area contributed by atoms with Crippen LogP contribution in [0.4, 0.5) is 0 Å². The van der Waals surface area contributed by atoms with E-state index in [0.29, 0.717) is 19.4 Å². The first-order valence-corrected chi connectivity index (χ1v) is 5.73. The summed E-state index contributed by atoms with van der Waals surface area (Å²) in [5, 5.41) is 2.32. The maximum absolute atomic E-state index is 11.9. The number of unbranched alkanes of at least 4 members (excludes halogenated alkanes) is 1. The summed E-state index contributed by atoms with van der Waals surface area (Å²) in [6, 6.07) is 0. The van der Waals surface area contributed by atoms with Gasteiger partial charge in [-0.15, -0.1) is 0 Å². The number of rotatable bonds is 8. The molecule has 0 aromatic carbocycles. The number of ketones is 1. The van der Waals surface area contributed by atoms with Crippen LogP contribution in [0.2, 0.25) is 0 Å². The van der Waals surface area contributed by atoms with E-state index in [2.05, 4.69) is 10.1 Å². The Bertz CT molecular complexity index is 319. The van der Waals surface area contributed by atoms with Gasteiger partial charge in [-0.05, 0) is 25.8 Å². The maximum Gasteiger partial charge on any atom is 0.333 e. The average molecular weight is 259 g/mol. The third kappa shape index (κ3) is 4.80. The fourth-order valence-electron chi connectivity index (χ4n) is 1.45. The van der Waals surface area contributed by atoms with Crippen molar-refractivity contribution in [3.63, 3.8) is 0 Å². The predicted molar refractivity (Wildman–Crippen MR) is 65.5 cm³/mol. The fraction of sp³-hybridized carbons (Fsp3) is 0.727. The molecular weight excluding hydrogens is 238 g/mol. The van der Waals surface area contributed by atoms with E-state index in [1.165, 1.54) is 14.0 Å². The number of hydrogen-bond donors (Lipinski definition) is 3. The van der Waals surface area contributed by atoms with Crippen molar-refractivity contribution in [2.75, 3.05) is 20.2 Å². The van der Waals surface area contributed by atoms with Gasteiger partial charge in [0.25, 0.3) is 0 Å². The summed E-state index contributed by atoms with van der Waals surface area (Å²) in [6.45, 7) is 1.44. The van der Waals surface area contributed by atoms with Crippen LogP contribution in [-0.2, 0) is 19.1 Å². The van der Waals surface area contributed by atoms with Gasteiger partial charge in [0, 0.05) is 6.92 Å². The summed E-state index contributed by atoms with van der Waals surface area (Å²) in [5.74, 6) is -1.73. The minimum Gasteiger partial charge on any atom is -0.467 e. The molecular formula is C11H21N3O4. The molecule has 0 heterocycles. The zero-order chi connectivity index (χ0) is 14.2. The van der Waals surface area contributed by atoms with Crippen molar-refractivity contribution >= 4 is 17.7 Å². The highest BCUT2D eigenvalue weighted by Gasteiger charge is 2.41. The summed E-state index contributed by atoms with van der Waals surface area (Å²) >= 11 is 0. The molecule has 0 saturated carbocycles. The van der Waals surface area contributed by atoms with Crippen LogP contribution in [0.5, 0.6) is 0 Å². The fourth-order valence-corrected chi connectivity index (χ4v) is 1.45. The molecule has 0 fully saturated rings. The van der Waals surface area contributed by atoms with Crippen molar-refractivity contribution in [1.82, 2.24) is 5.32 Å². The molecule has 0 aliphatic carbocycles. The van der Waals surface area contributed by atoms with Gasteiger partial charge in [-0.2, -0.15) is 0 Å². The zero-order valence-electron chi connectivity index (χ0n) is 10.8. The van der Waals surface area contributed by atoms with Crippen LogP contribution in [0.3, 0.4) is 0 Å². The Balaban J connectivity index is 4.68. The van der Waals surface area contributed by atoms with Gasteiger partial charge in [0.1, 0.15) is 0 Å². The highest BCUT2D eigenvalue weighted by Crippen LogP contribution is 2.14. The number of amides is 1. The number of nitrogens with one attached hydrogen (secondary N) is 1. The first-order valence-electron chi connectivity index (χ1n) is 5.73. The van der Waals surface area contributed by atoms with Crippen LogP contribution in [-0.4, -0.2) is 43.4 Å². The maximum atomic E-state index is 11.9. The second-order valence-corrected chi connectivity index (χ2v) is 4.04. The third-order valence-electron chi connectivity index (χ3n) is 2.57. The molecule has 7 heteroatoms. The first-order chi connectivity index (χ1) is 8.38. The summed E-state index contributed by atoms with van der Waals surface area (Å²) in [6.07, 6.45) is 1.34. The molecule has 0 spiro atoms. The number of carbonyl (C=O) groups excluding carboxylic acids is 3. The van der Waals surface area contributed by atoms with Crippen molar-refractivity contribution in [2.24, 2.45) is 11.5 Å². The van der Waals surface area contributed by atoms with E-state index >= 15 is 0 Å². The molecule has 1 amide bonds. The first kappa shape index (κ1) is 16.5. The van der Waals surface area contributed by atoms with Gasteiger partial charge in [-0.1, -0.05) is 0 Å². The Morgan fingerprint density at radius 3 is 2.33 bits per heavy atom. The van der Waals surface area contributed by atoms with Crippen molar-refractivity contribution in [3.8, 4) is 0 Å². The standard InChI is InChI=1S/C11H21N3O4/c1-8(15)14-7-9(16)11(13,10(17)18-2)5-3-4-6-12/h3-7,12-13H2,1-2H3,(H,14,15)/t11-/m1/s1. The van der Waals surface area contributed by atoms with E-state index in [-0.39, 0.29) is 18.9 Å². The van der Waals surface area contributed by atoms with E-state index in [1.807, 2.05) is 0 Å². The van der Waals surface area contributed by atoms with E-state index in [9.17, 15) is 14.4 Å². The Morgan fingerprint density at radius 2 is 1.89 bits per heavy atom. The van der Waals surface area contributed by atoms with E-state index in [4.69, 9.17) is 11.5 Å². The predicted octanol–water partition coefficient (Wildman–Crippen LogP) is -1.31. The molecule has 0 unspecified atom stereocenters. The molecule has 0 saturated heterocycles. The summed E-state index contributed by atoms with van der Waals surface area (Å²) < 4.78 is 4.55. The summed E-state index contributed by atoms with van der Waals surface area (Å²) in [7, 11) is 1.17. The van der Waals surface area contributed by atoms with Crippen LogP contribution in [0.1, 0.15) is 26.2 Å². The topological polar surface area (TPSA) is 125 Å². The molecule has 1 atom stereocenters. The van der Waals surface area contributed by atoms with Crippen LogP contribution in [0.25, 0.3) is 0 Å². The lowest BCUT2D eigenvalue weighted by atomic mass is 9.88. The lowest BCUT2D eigenvalue weighted by molar-refractivity contribution is -0.152. The second kappa shape index (κ2) is 7.78. The van der Waals surface area contributed by atoms with Crippen molar-refractivity contribution in [2.45, 2.75) is 31.7 Å². The quantitative estimate of drug-likeness (QED) is 0.282. The average Bonchev–Trinajstić information content (AvgIpc) is 2.34. The molecule has 0 aliphatic heterocycles. The lowest BCUT2D eigenvalue weighted by Crippen LogP contribution is -2.58. The summed E-state index contributed by atoms with van der Waals surface area (Å²) in [4.78, 5) is 34.2. The van der Waals surface area contributed by atoms with Crippen molar-refractivity contribution < 1.29 is 19.1 Å². The van der Waals surface area contributed by atoms with Crippen LogP contribution in [0.15, 0.2) is 0 Å². The molecule has 5 N–H and O–H groups in total. The largest absolute Gasteiger partial charge is 0.467 e. The molecule has 104 valence electrons. The van der Waals surface area contributed by atoms with Crippen LogP contribution >= 0.6 is 0 Å². The van der Waals surface area contributed by atoms with Gasteiger partial charge >= 0.3 is 5.97 Å². The van der Waals surface area contributed by atoms with Crippen LogP contribution in [0, 0.1) is 0 Å². The van der Waals surface area contributed by atoms with Crippen molar-refractivity contribution in [1.29, 1.82) is 0 Å². The minimum absolute atomic E-state index is 0.148. The number of carbonyl (C=O) groups is 3. The van der Waals surface area contributed by atoms with Crippen molar-refractivity contribution in [3.05, 3.63) is 0 Å². The Labute approximate surface area is 106 Å². The monoisotopic (exact) mass is 259 g/mol. The minimum atomic E-state index is -1.72. The second-order valence-electron chi connectivity index (χ2n) is 4.04. The van der Waals surface area contributed by atoms with Gasteiger partial charge in [0.05, 0.1) is 13.7 Å². The Hall–Kier alpha value is -1.47. The zero-order valence-corrected chi connectivity index (χ0v) is 10.8. The highest BCUT2D eigenvalue weighted by molar-refractivity contribution is 6.09. The van der Waals surface area contributed by atoms with Gasteiger partial charge in [-0.3, -0.25) is 9.59 Å². The smallest absolute Gasteiger partial charge is 0.333 e. The number of esters is 1. The molecule has 0 rings (SSSR count). The molecule has 0 radical (unpaired) electrons. The highest BCUT2D eigenvalue weighted by atomic mass is 16.5. The van der Waals surface area contributed by atoms with Gasteiger partial charge < -0.3 is 21.5 Å². The summed E-state index contributed by atoms with van der Waals surface area (Å²) in [5.41, 5.74) is 9.43. The number of Topliss-reactive ketones (excluding diaryl/α,β-unsaturated/α-hetero) is 1. The number of methoxy groups -OCH3 is 1. The number of hydrogen-bond acceptors (Lipinski definition) is 6. The van der Waals surface area contributed by atoms with Crippen LogP contribution < -0.4 is 16.8 Å². The van der Waals surface area contributed by atoms with Gasteiger partial charge in [-0.25, -0.2) is 4.79 Å². The van der Waals surface area contributed by atoms with E-state index in [1.54, 1.807) is 0 Å². The molecule has 0 aliphatic rings. The molecule has 0 aromatic heterocycles. The molecule has 18 heavy (non-hydrogen) atoms. The lowest BCUT2D eigenvalue weighted by Gasteiger charge is -2.25. The van der Waals surface area contributed by atoms with E-state index in [0.717, 1.165) is 0 Å². The Kier molecular flexibility index (Phi) is 7.14. The SMILES string of the molecule is COC(=O)[C@@](N)(CCCCN)C(=O)CNC(C)=O. The number of ether oxygens (including phenoxy) is 1. The van der Waals surface area contributed by atoms with E-state index < -0.39 is 17.3 Å². The third-order valence-corrected chi connectivity index (χ3v) is 2.57. The molecule has 0 aromatic rings. The Morgan fingerprint density at radius 1 is 1.28 bits per heavy atom. The normalized spacial score (nSPS) is 13.6. The van der Waals surface area contributed by atoms with Gasteiger partial charge in [0.2, 0.25) is 5.91 Å². The van der Waals surface area contributed by atoms with Gasteiger partial charge in [0.15, 0.2) is 11.3 Å². The molecule has 7 nitrogen and oxygen atoms in total. The molecule has 0 bridgehead atoms.